The van der Waals surface area contributed by atoms with Gasteiger partial charge in [-0.3, -0.25) is 0 Å². The number of halogens is 1. The summed E-state index contributed by atoms with van der Waals surface area (Å²) < 4.78 is 0. The lowest BCUT2D eigenvalue weighted by Crippen LogP contribution is -2.28. The number of hydrogen-bond donors (Lipinski definition) is 2. The van der Waals surface area contributed by atoms with E-state index in [1.54, 1.807) is 13.0 Å². The highest BCUT2D eigenvalue weighted by Gasteiger charge is 2.14. The van der Waals surface area contributed by atoms with Crippen LogP contribution in [-0.2, 0) is 6.42 Å². The van der Waals surface area contributed by atoms with Crippen molar-refractivity contribution >= 4 is 17.3 Å². The standard InChI is InChI=1S/C13H17ClN2O/c1-4-11-12(16-8(2)9(3)17)6-5-10(7-15)13(11)14/h5-6,8-9,16-17H,4H2,1-3H3/t8-,9-/m0/s1. The fraction of sp³-hybridized carbons (Fsp3) is 0.462. The highest BCUT2D eigenvalue weighted by Crippen LogP contribution is 2.29. The van der Waals surface area contributed by atoms with Crippen LogP contribution < -0.4 is 5.32 Å². The molecular weight excluding hydrogens is 236 g/mol. The number of aliphatic hydroxyl groups is 1. The minimum atomic E-state index is -0.450. The summed E-state index contributed by atoms with van der Waals surface area (Å²) in [5.74, 6) is 0. The number of benzene rings is 1. The third kappa shape index (κ3) is 3.12. The maximum Gasteiger partial charge on any atom is 0.101 e. The molecule has 0 fully saturated rings. The predicted octanol–water partition coefficient (Wildman–Crippen LogP) is 2.96. The van der Waals surface area contributed by atoms with E-state index >= 15 is 0 Å². The van der Waals surface area contributed by atoms with Crippen molar-refractivity contribution in [1.29, 1.82) is 5.26 Å². The van der Waals surface area contributed by atoms with Crippen molar-refractivity contribution in [3.05, 3.63) is 28.3 Å². The van der Waals surface area contributed by atoms with Gasteiger partial charge in [0.05, 0.1) is 16.7 Å². The molecule has 0 amide bonds. The van der Waals surface area contributed by atoms with Crippen molar-refractivity contribution in [3.63, 3.8) is 0 Å². The van der Waals surface area contributed by atoms with Gasteiger partial charge in [-0.2, -0.15) is 5.26 Å². The quantitative estimate of drug-likeness (QED) is 0.866. The topological polar surface area (TPSA) is 56.0 Å². The molecule has 1 aromatic rings. The summed E-state index contributed by atoms with van der Waals surface area (Å²) in [7, 11) is 0. The zero-order valence-electron chi connectivity index (χ0n) is 10.3. The van der Waals surface area contributed by atoms with Gasteiger partial charge in [0.2, 0.25) is 0 Å². The SMILES string of the molecule is CCc1c(N[C@@H](C)[C@H](C)O)ccc(C#N)c1Cl. The Hall–Kier alpha value is -1.24. The Kier molecular flexibility index (Phi) is 4.80. The summed E-state index contributed by atoms with van der Waals surface area (Å²) in [6.45, 7) is 5.62. The Morgan fingerprint density at radius 3 is 2.59 bits per heavy atom. The molecule has 0 bridgehead atoms. The van der Waals surface area contributed by atoms with Crippen LogP contribution >= 0.6 is 11.6 Å². The van der Waals surface area contributed by atoms with Crippen LogP contribution in [0, 0.1) is 11.3 Å². The first-order chi connectivity index (χ1) is 8.01. The lowest BCUT2D eigenvalue weighted by Gasteiger charge is -2.21. The average Bonchev–Trinajstić information content (AvgIpc) is 2.29. The zero-order chi connectivity index (χ0) is 13.0. The third-order valence-electron chi connectivity index (χ3n) is 2.82. The number of anilines is 1. The van der Waals surface area contributed by atoms with E-state index in [4.69, 9.17) is 16.9 Å². The summed E-state index contributed by atoms with van der Waals surface area (Å²) in [5, 5.41) is 22.1. The molecule has 0 saturated heterocycles. The van der Waals surface area contributed by atoms with Crippen molar-refractivity contribution in [3.8, 4) is 6.07 Å². The Balaban J connectivity index is 3.10. The molecule has 2 N–H and O–H groups in total. The van der Waals surface area contributed by atoms with Crippen molar-refractivity contribution < 1.29 is 5.11 Å². The van der Waals surface area contributed by atoms with Crippen LogP contribution in [0.15, 0.2) is 12.1 Å². The molecule has 0 saturated carbocycles. The van der Waals surface area contributed by atoms with E-state index in [-0.39, 0.29) is 6.04 Å². The maximum absolute atomic E-state index is 9.47. The Morgan fingerprint density at radius 2 is 2.12 bits per heavy atom. The van der Waals surface area contributed by atoms with Crippen LogP contribution in [0.25, 0.3) is 0 Å². The van der Waals surface area contributed by atoms with Gasteiger partial charge in [0, 0.05) is 11.7 Å². The minimum absolute atomic E-state index is 0.0655. The molecule has 0 aliphatic rings. The van der Waals surface area contributed by atoms with Crippen LogP contribution in [-0.4, -0.2) is 17.3 Å². The molecule has 0 unspecified atom stereocenters. The first kappa shape index (κ1) is 13.8. The number of nitrogens with zero attached hydrogens (tertiary/aromatic N) is 1. The monoisotopic (exact) mass is 252 g/mol. The summed E-state index contributed by atoms with van der Waals surface area (Å²) in [5.41, 5.74) is 2.28. The average molecular weight is 253 g/mol. The van der Waals surface area contributed by atoms with Gasteiger partial charge in [-0.15, -0.1) is 0 Å². The van der Waals surface area contributed by atoms with E-state index in [9.17, 15) is 5.11 Å². The van der Waals surface area contributed by atoms with Crippen LogP contribution in [0.4, 0.5) is 5.69 Å². The molecule has 0 heterocycles. The zero-order valence-corrected chi connectivity index (χ0v) is 11.0. The normalized spacial score (nSPS) is 13.9. The van der Waals surface area contributed by atoms with E-state index in [1.165, 1.54) is 0 Å². The maximum atomic E-state index is 9.47. The van der Waals surface area contributed by atoms with Crippen LogP contribution in [0.3, 0.4) is 0 Å². The summed E-state index contributed by atoms with van der Waals surface area (Å²) >= 11 is 6.15. The number of hydrogen-bond acceptors (Lipinski definition) is 3. The highest BCUT2D eigenvalue weighted by molar-refractivity contribution is 6.32. The molecule has 1 rings (SSSR count). The summed E-state index contributed by atoms with van der Waals surface area (Å²) in [6.07, 6.45) is 0.289. The van der Waals surface area contributed by atoms with Crippen molar-refractivity contribution in [1.82, 2.24) is 0 Å². The number of nitriles is 1. The van der Waals surface area contributed by atoms with E-state index in [0.717, 1.165) is 17.7 Å². The summed E-state index contributed by atoms with van der Waals surface area (Å²) in [6, 6.07) is 5.53. The molecule has 4 heteroatoms. The molecule has 0 aliphatic carbocycles. The van der Waals surface area contributed by atoms with E-state index in [1.807, 2.05) is 19.9 Å². The Morgan fingerprint density at radius 1 is 1.47 bits per heavy atom. The highest BCUT2D eigenvalue weighted by atomic mass is 35.5. The second kappa shape index (κ2) is 5.90. The minimum Gasteiger partial charge on any atom is -0.391 e. The number of nitrogens with one attached hydrogen (secondary N) is 1. The fourth-order valence-corrected chi connectivity index (χ4v) is 1.90. The molecule has 1 aromatic carbocycles. The van der Waals surface area contributed by atoms with Crippen LogP contribution in [0.1, 0.15) is 31.9 Å². The van der Waals surface area contributed by atoms with Crippen molar-refractivity contribution in [2.24, 2.45) is 0 Å². The first-order valence-electron chi connectivity index (χ1n) is 5.67. The van der Waals surface area contributed by atoms with Gasteiger partial charge in [0.15, 0.2) is 0 Å². The second-order valence-electron chi connectivity index (χ2n) is 4.09. The van der Waals surface area contributed by atoms with E-state index in [2.05, 4.69) is 11.4 Å². The summed E-state index contributed by atoms with van der Waals surface area (Å²) in [4.78, 5) is 0. The molecule has 0 aromatic heterocycles. The predicted molar refractivity (Wildman–Crippen MR) is 70.3 cm³/mol. The second-order valence-corrected chi connectivity index (χ2v) is 4.47. The van der Waals surface area contributed by atoms with Crippen molar-refractivity contribution in [2.45, 2.75) is 39.3 Å². The molecule has 0 radical (unpaired) electrons. The molecule has 3 nitrogen and oxygen atoms in total. The molecule has 2 atom stereocenters. The number of rotatable bonds is 4. The van der Waals surface area contributed by atoms with Gasteiger partial charge >= 0.3 is 0 Å². The van der Waals surface area contributed by atoms with Crippen molar-refractivity contribution in [2.75, 3.05) is 5.32 Å². The van der Waals surface area contributed by atoms with Gasteiger partial charge in [-0.05, 0) is 38.0 Å². The molecular formula is C13H17ClN2O. The van der Waals surface area contributed by atoms with Gasteiger partial charge in [0.25, 0.3) is 0 Å². The molecule has 92 valence electrons. The lowest BCUT2D eigenvalue weighted by atomic mass is 10.1. The fourth-order valence-electron chi connectivity index (χ4n) is 1.55. The number of aliphatic hydroxyl groups excluding tert-OH is 1. The molecule has 0 aliphatic heterocycles. The smallest absolute Gasteiger partial charge is 0.101 e. The van der Waals surface area contributed by atoms with Crippen LogP contribution in [0.5, 0.6) is 0 Å². The van der Waals surface area contributed by atoms with Gasteiger partial charge in [-0.1, -0.05) is 18.5 Å². The van der Waals surface area contributed by atoms with E-state index < -0.39 is 6.10 Å². The molecule has 17 heavy (non-hydrogen) atoms. The Labute approximate surface area is 107 Å². The third-order valence-corrected chi connectivity index (χ3v) is 3.26. The molecule has 0 spiro atoms. The van der Waals surface area contributed by atoms with Gasteiger partial charge in [-0.25, -0.2) is 0 Å². The van der Waals surface area contributed by atoms with E-state index in [0.29, 0.717) is 10.6 Å². The lowest BCUT2D eigenvalue weighted by molar-refractivity contribution is 0.178. The first-order valence-corrected chi connectivity index (χ1v) is 6.05. The van der Waals surface area contributed by atoms with Gasteiger partial charge in [0.1, 0.15) is 6.07 Å². The Bertz CT molecular complexity index is 438. The van der Waals surface area contributed by atoms with Crippen LogP contribution in [0.2, 0.25) is 5.02 Å². The van der Waals surface area contributed by atoms with Gasteiger partial charge < -0.3 is 10.4 Å². The largest absolute Gasteiger partial charge is 0.391 e.